The molecule has 0 aromatic carbocycles. The van der Waals surface area contributed by atoms with Crippen LogP contribution in [0.3, 0.4) is 0 Å². The van der Waals surface area contributed by atoms with E-state index in [9.17, 15) is 29.7 Å². The molecule has 1 aliphatic rings. The Morgan fingerprint density at radius 3 is 2.50 bits per heavy atom. The van der Waals surface area contributed by atoms with Crippen molar-refractivity contribution in [2.24, 2.45) is 5.92 Å². The quantitative estimate of drug-likeness (QED) is 0.180. The molecule has 0 aromatic heterocycles. The molecule has 0 aromatic rings. The maximum Gasteiger partial charge on any atom is 1.00 e. The number of carboxylic acids is 1. The minimum atomic E-state index is -1.33. The Labute approximate surface area is 225 Å². The smallest absolute Gasteiger partial charge is 0.548 e. The number of carbonyl (C=O) groups excluding carboxylic acids is 3. The third kappa shape index (κ3) is 12.8. The van der Waals surface area contributed by atoms with E-state index in [2.05, 4.69) is 26.0 Å². The van der Waals surface area contributed by atoms with Crippen molar-refractivity contribution in [3.63, 3.8) is 0 Å². The van der Waals surface area contributed by atoms with Crippen LogP contribution in [0.5, 0.6) is 0 Å². The van der Waals surface area contributed by atoms with Crippen molar-refractivity contribution < 1.29 is 59.3 Å². The fourth-order valence-corrected chi connectivity index (χ4v) is 3.63. The van der Waals surface area contributed by atoms with Crippen LogP contribution in [0.2, 0.25) is 0 Å². The van der Waals surface area contributed by atoms with Gasteiger partial charge in [-0.05, 0) is 65.2 Å². The molecular weight excluding hydrogens is 445 g/mol. The van der Waals surface area contributed by atoms with Gasteiger partial charge in [0.25, 0.3) is 0 Å². The monoisotopic (exact) mass is 483 g/mol. The fourth-order valence-electron chi connectivity index (χ4n) is 3.63. The zero-order valence-electron chi connectivity index (χ0n) is 21.3. The molecular formula is C26H38NNaO6. The van der Waals surface area contributed by atoms with Crippen LogP contribution in [0.1, 0.15) is 66.2 Å². The number of amides is 1. The van der Waals surface area contributed by atoms with Crippen molar-refractivity contribution in [3.05, 3.63) is 47.1 Å². The maximum absolute atomic E-state index is 12.1. The second-order valence-electron chi connectivity index (χ2n) is 8.97. The summed E-state index contributed by atoms with van der Waals surface area (Å²) in [5.74, 6) is -1.50. The number of aliphatic carboxylic acids is 1. The second-order valence-corrected chi connectivity index (χ2v) is 8.97. The first-order valence-electron chi connectivity index (χ1n) is 11.6. The van der Waals surface area contributed by atoms with Gasteiger partial charge in [0, 0.05) is 12.1 Å². The molecule has 1 aliphatic heterocycles. The van der Waals surface area contributed by atoms with Gasteiger partial charge in [-0.1, -0.05) is 48.5 Å². The van der Waals surface area contributed by atoms with Gasteiger partial charge in [-0.25, -0.2) is 0 Å². The molecule has 0 spiro atoms. The van der Waals surface area contributed by atoms with Gasteiger partial charge in [0.1, 0.15) is 6.10 Å². The molecule has 1 rings (SSSR count). The number of allylic oxidation sites excluding steroid dienone is 5. The topological polar surface area (TPSA) is 118 Å². The van der Waals surface area contributed by atoms with Crippen LogP contribution < -0.4 is 34.7 Å². The van der Waals surface area contributed by atoms with E-state index < -0.39 is 24.0 Å². The average Bonchev–Trinajstić information content (AvgIpc) is 3.06. The Morgan fingerprint density at radius 1 is 1.21 bits per heavy atom. The molecule has 3 atom stereocenters. The fraction of sp³-hybridized carbons (Fsp3) is 0.577. The second kappa shape index (κ2) is 17.0. The molecule has 34 heavy (non-hydrogen) atoms. The minimum Gasteiger partial charge on any atom is -0.548 e. The molecule has 2 unspecified atom stereocenters. The summed E-state index contributed by atoms with van der Waals surface area (Å²) in [6.45, 7) is 7.32. The largest absolute Gasteiger partial charge is 1.00 e. The Bertz CT molecular complexity index is 814. The van der Waals surface area contributed by atoms with Crippen LogP contribution in [0.15, 0.2) is 47.1 Å². The van der Waals surface area contributed by atoms with Crippen molar-refractivity contribution in [2.45, 2.75) is 78.4 Å². The molecule has 0 bridgehead atoms. The number of hydrogen-bond donors (Lipinski definition) is 2. The molecule has 7 nitrogen and oxygen atoms in total. The van der Waals surface area contributed by atoms with Gasteiger partial charge in [0.05, 0.1) is 18.6 Å². The van der Waals surface area contributed by atoms with E-state index in [1.807, 2.05) is 19.1 Å². The molecule has 1 amide bonds. The van der Waals surface area contributed by atoms with E-state index in [-0.39, 0.29) is 48.4 Å². The van der Waals surface area contributed by atoms with E-state index in [0.29, 0.717) is 24.5 Å². The summed E-state index contributed by atoms with van der Waals surface area (Å²) in [6.07, 6.45) is 12.1. The number of aliphatic hydroxyl groups is 2. The van der Waals surface area contributed by atoms with Gasteiger partial charge in [-0.2, -0.15) is 0 Å². The van der Waals surface area contributed by atoms with Crippen molar-refractivity contribution in [1.82, 2.24) is 4.90 Å². The summed E-state index contributed by atoms with van der Waals surface area (Å²) in [6, 6.07) is 0. The van der Waals surface area contributed by atoms with Crippen LogP contribution in [0, 0.1) is 5.92 Å². The molecule has 0 saturated carbocycles. The molecule has 0 saturated heterocycles. The summed E-state index contributed by atoms with van der Waals surface area (Å²) >= 11 is 0. The first-order valence-corrected chi connectivity index (χ1v) is 11.6. The Kier molecular flexibility index (Phi) is 16.3. The number of ketones is 1. The zero-order valence-corrected chi connectivity index (χ0v) is 23.3. The molecule has 8 heteroatoms. The number of carbonyl (C=O) groups is 3. The van der Waals surface area contributed by atoms with E-state index in [0.717, 1.165) is 31.3 Å². The molecule has 0 aliphatic carbocycles. The predicted octanol–water partition coefficient (Wildman–Crippen LogP) is -0.755. The number of rotatable bonds is 15. The summed E-state index contributed by atoms with van der Waals surface area (Å²) in [7, 11) is 0. The number of nitrogens with zero attached hydrogens (tertiary/aromatic N) is 1. The van der Waals surface area contributed by atoms with Crippen LogP contribution in [-0.2, 0) is 14.4 Å². The van der Waals surface area contributed by atoms with E-state index in [1.54, 1.807) is 6.08 Å². The SMILES string of the molecule is CC(=O)C(O)C(O)C/C(C)=C\CC[C@H](C)/C=C/C=C(\C)CCCC1=CCN(CC(=O)[O-])C1=O.[Na+]. The van der Waals surface area contributed by atoms with Crippen LogP contribution in [-0.4, -0.2) is 58.1 Å². The van der Waals surface area contributed by atoms with Gasteiger partial charge in [0.15, 0.2) is 5.78 Å². The van der Waals surface area contributed by atoms with Gasteiger partial charge in [0.2, 0.25) is 5.91 Å². The minimum absolute atomic E-state index is 0. The molecule has 0 radical (unpaired) electrons. The molecule has 0 fully saturated rings. The van der Waals surface area contributed by atoms with E-state index in [1.165, 1.54) is 17.4 Å². The third-order valence-corrected chi connectivity index (χ3v) is 5.70. The summed E-state index contributed by atoms with van der Waals surface area (Å²) in [5, 5.41) is 30.1. The van der Waals surface area contributed by atoms with Crippen LogP contribution in [0.4, 0.5) is 0 Å². The predicted molar refractivity (Wildman–Crippen MR) is 126 cm³/mol. The van der Waals surface area contributed by atoms with Gasteiger partial charge < -0.3 is 25.0 Å². The first kappa shape index (κ1) is 32.5. The standard InChI is InChI=1S/C26H39NO6.Na/c1-18(10-6-12-20(3)16-23(29)25(32)21(4)28)8-5-9-19(2)11-7-13-22-14-15-27(26(22)33)17-24(30)31;/h5,8-9,12,14,18,23,25,29,32H,6-7,10-11,13,15-17H2,1-4H3,(H,30,31);/q;+1/p-1/b8-5+,19-9+,20-12-;/t18-,23?,25?;/m1./s1. The third-order valence-electron chi connectivity index (χ3n) is 5.70. The zero-order chi connectivity index (χ0) is 25.0. The molecule has 184 valence electrons. The summed E-state index contributed by atoms with van der Waals surface area (Å²) in [4.78, 5) is 35.2. The molecule has 1 heterocycles. The summed E-state index contributed by atoms with van der Waals surface area (Å²) < 4.78 is 0. The van der Waals surface area contributed by atoms with Crippen molar-refractivity contribution >= 4 is 17.7 Å². The molecule has 2 N–H and O–H groups in total. The Morgan fingerprint density at radius 2 is 1.88 bits per heavy atom. The van der Waals surface area contributed by atoms with Crippen LogP contribution >= 0.6 is 0 Å². The van der Waals surface area contributed by atoms with Gasteiger partial charge >= 0.3 is 29.6 Å². The van der Waals surface area contributed by atoms with E-state index >= 15 is 0 Å². The number of Topliss-reactive ketones (excluding diaryl/α,β-unsaturated/α-hetero) is 1. The van der Waals surface area contributed by atoms with Gasteiger partial charge in [-0.15, -0.1) is 0 Å². The average molecular weight is 484 g/mol. The number of hydrogen-bond acceptors (Lipinski definition) is 6. The van der Waals surface area contributed by atoms with Crippen LogP contribution in [0.25, 0.3) is 0 Å². The van der Waals surface area contributed by atoms with Crippen molar-refractivity contribution in [2.75, 3.05) is 13.1 Å². The van der Waals surface area contributed by atoms with Crippen molar-refractivity contribution in [3.8, 4) is 0 Å². The number of carboxylic acid groups (broad SMARTS) is 1. The maximum atomic E-state index is 12.1. The van der Waals surface area contributed by atoms with Crippen molar-refractivity contribution in [1.29, 1.82) is 0 Å². The normalized spacial score (nSPS) is 17.4. The Hall–Kier alpha value is -1.51. The Balaban J connectivity index is 0.0000109. The van der Waals surface area contributed by atoms with E-state index in [4.69, 9.17) is 0 Å². The number of aliphatic hydroxyl groups excluding tert-OH is 2. The summed E-state index contributed by atoms with van der Waals surface area (Å²) in [5.41, 5.74) is 2.85. The first-order chi connectivity index (χ1) is 15.5. The van der Waals surface area contributed by atoms with Gasteiger partial charge in [-0.3, -0.25) is 9.59 Å².